The van der Waals surface area contributed by atoms with Crippen LogP contribution in [0.15, 0.2) is 59.9 Å². The Balaban J connectivity index is 1.52. The average Bonchev–Trinajstić information content (AvgIpc) is 3.42. The van der Waals surface area contributed by atoms with Crippen molar-refractivity contribution in [1.82, 2.24) is 20.1 Å². The number of aromatic nitrogens is 3. The van der Waals surface area contributed by atoms with Gasteiger partial charge in [-0.1, -0.05) is 0 Å². The van der Waals surface area contributed by atoms with Gasteiger partial charge in [-0.2, -0.15) is 5.10 Å². The third-order valence-corrected chi connectivity index (χ3v) is 4.16. The molecule has 2 aromatic heterocycles. The molecule has 0 spiro atoms. The van der Waals surface area contributed by atoms with Gasteiger partial charge in [-0.05, 0) is 44.2 Å². The Labute approximate surface area is 166 Å². The van der Waals surface area contributed by atoms with Gasteiger partial charge in [-0.3, -0.25) is 14.4 Å². The molecule has 0 saturated heterocycles. The molecular weight excluding hydrogens is 376 g/mol. The minimum absolute atomic E-state index is 0.247. The fourth-order valence-electron chi connectivity index (χ4n) is 2.41. The van der Waals surface area contributed by atoms with Crippen LogP contribution in [-0.2, 0) is 9.59 Å². The van der Waals surface area contributed by atoms with Crippen molar-refractivity contribution >= 4 is 29.1 Å². The van der Waals surface area contributed by atoms with E-state index >= 15 is 0 Å². The number of hydrogen-bond acceptors (Lipinski definition) is 6. The molecule has 2 atom stereocenters. The van der Waals surface area contributed by atoms with Gasteiger partial charge in [0.25, 0.3) is 5.91 Å². The summed E-state index contributed by atoms with van der Waals surface area (Å²) < 4.78 is 6.30. The Bertz CT molecular complexity index is 967. The Morgan fingerprint density at radius 3 is 2.21 bits per heavy atom. The maximum atomic E-state index is 12.3. The number of carbonyl (C=O) groups excluding carboxylic acids is 3. The standard InChI is InChI=1S/C19H20N6O4/c1-12(22-19(28)14-7-8-29-9-14)17(26)23-15-3-5-16(6-4-15)24-18(27)13(2)25-11-20-10-21-25/h3-13H,1-2H3,(H,22,28)(H,23,26)(H,24,27). The lowest BCUT2D eigenvalue weighted by atomic mass is 10.2. The Hall–Kier alpha value is -3.95. The summed E-state index contributed by atoms with van der Waals surface area (Å²) in [4.78, 5) is 40.3. The van der Waals surface area contributed by atoms with Crippen molar-refractivity contribution in [3.05, 3.63) is 61.1 Å². The highest BCUT2D eigenvalue weighted by Gasteiger charge is 2.18. The molecule has 10 nitrogen and oxygen atoms in total. The lowest BCUT2D eigenvalue weighted by Gasteiger charge is -2.15. The van der Waals surface area contributed by atoms with E-state index in [1.165, 1.54) is 35.9 Å². The predicted molar refractivity (Wildman–Crippen MR) is 104 cm³/mol. The molecule has 0 aliphatic carbocycles. The summed E-state index contributed by atoms with van der Waals surface area (Å²) in [6.07, 6.45) is 5.51. The van der Waals surface area contributed by atoms with Crippen molar-refractivity contribution in [3.8, 4) is 0 Å². The number of nitrogens with zero attached hydrogens (tertiary/aromatic N) is 3. The van der Waals surface area contributed by atoms with E-state index in [4.69, 9.17) is 4.42 Å². The van der Waals surface area contributed by atoms with Gasteiger partial charge in [0, 0.05) is 11.4 Å². The van der Waals surface area contributed by atoms with Crippen LogP contribution in [-0.4, -0.2) is 38.5 Å². The van der Waals surface area contributed by atoms with E-state index in [9.17, 15) is 14.4 Å². The van der Waals surface area contributed by atoms with Crippen LogP contribution in [0.25, 0.3) is 0 Å². The van der Waals surface area contributed by atoms with E-state index < -0.39 is 18.0 Å². The Morgan fingerprint density at radius 2 is 1.66 bits per heavy atom. The zero-order valence-corrected chi connectivity index (χ0v) is 15.8. The number of rotatable bonds is 7. The van der Waals surface area contributed by atoms with Gasteiger partial charge < -0.3 is 20.4 Å². The van der Waals surface area contributed by atoms with Gasteiger partial charge in [0.1, 0.15) is 31.0 Å². The quantitative estimate of drug-likeness (QED) is 0.558. The first kappa shape index (κ1) is 19.8. The van der Waals surface area contributed by atoms with Crippen LogP contribution in [0.4, 0.5) is 11.4 Å². The lowest BCUT2D eigenvalue weighted by Crippen LogP contribution is -2.41. The van der Waals surface area contributed by atoms with Crippen LogP contribution < -0.4 is 16.0 Å². The number of nitrogens with one attached hydrogen (secondary N) is 3. The van der Waals surface area contributed by atoms with Crippen molar-refractivity contribution in [2.75, 3.05) is 10.6 Å². The summed E-state index contributed by atoms with van der Waals surface area (Å²) in [6, 6.07) is 6.87. The number of hydrogen-bond donors (Lipinski definition) is 3. The highest BCUT2D eigenvalue weighted by molar-refractivity contribution is 6.01. The van der Waals surface area contributed by atoms with Crippen molar-refractivity contribution in [1.29, 1.82) is 0 Å². The van der Waals surface area contributed by atoms with Crippen molar-refractivity contribution in [2.24, 2.45) is 0 Å². The predicted octanol–water partition coefficient (Wildman–Crippen LogP) is 1.83. The monoisotopic (exact) mass is 396 g/mol. The van der Waals surface area contributed by atoms with E-state index in [2.05, 4.69) is 26.0 Å². The van der Waals surface area contributed by atoms with E-state index in [0.717, 1.165) is 0 Å². The molecule has 0 saturated carbocycles. The van der Waals surface area contributed by atoms with Crippen LogP contribution in [0.3, 0.4) is 0 Å². The minimum Gasteiger partial charge on any atom is -0.472 e. The van der Waals surface area contributed by atoms with Crippen LogP contribution in [0.2, 0.25) is 0 Å². The number of furan rings is 1. The van der Waals surface area contributed by atoms with Gasteiger partial charge in [0.15, 0.2) is 0 Å². The second-order valence-electron chi connectivity index (χ2n) is 6.31. The smallest absolute Gasteiger partial charge is 0.255 e. The maximum Gasteiger partial charge on any atom is 0.255 e. The van der Waals surface area contributed by atoms with Crippen LogP contribution in [0.5, 0.6) is 0 Å². The van der Waals surface area contributed by atoms with Gasteiger partial charge in [0.2, 0.25) is 11.8 Å². The molecule has 150 valence electrons. The molecule has 1 aromatic carbocycles. The lowest BCUT2D eigenvalue weighted by molar-refractivity contribution is -0.119. The third-order valence-electron chi connectivity index (χ3n) is 4.16. The fraction of sp³-hybridized carbons (Fsp3) is 0.211. The maximum absolute atomic E-state index is 12.3. The third kappa shape index (κ3) is 5.06. The minimum atomic E-state index is -0.750. The number of anilines is 2. The zero-order chi connectivity index (χ0) is 20.8. The zero-order valence-electron chi connectivity index (χ0n) is 15.8. The average molecular weight is 396 g/mol. The first-order valence-electron chi connectivity index (χ1n) is 8.83. The molecule has 2 unspecified atom stereocenters. The van der Waals surface area contributed by atoms with Crippen LogP contribution in [0.1, 0.15) is 30.2 Å². The number of amides is 3. The molecule has 0 bridgehead atoms. The normalized spacial score (nSPS) is 12.6. The highest BCUT2D eigenvalue weighted by atomic mass is 16.3. The molecule has 0 aliphatic rings. The SMILES string of the molecule is CC(NC(=O)c1ccoc1)C(=O)Nc1ccc(NC(=O)C(C)n2cncn2)cc1. The molecule has 3 aromatic rings. The first-order valence-corrected chi connectivity index (χ1v) is 8.83. The highest BCUT2D eigenvalue weighted by Crippen LogP contribution is 2.15. The van der Waals surface area contributed by atoms with E-state index in [1.54, 1.807) is 38.1 Å². The number of benzene rings is 1. The molecule has 3 amide bonds. The molecule has 0 fully saturated rings. The molecule has 3 N–H and O–H groups in total. The molecule has 3 rings (SSSR count). The number of carbonyl (C=O) groups is 3. The van der Waals surface area contributed by atoms with E-state index in [0.29, 0.717) is 16.9 Å². The molecule has 0 radical (unpaired) electrons. The van der Waals surface area contributed by atoms with Crippen LogP contribution >= 0.6 is 0 Å². The summed E-state index contributed by atoms with van der Waals surface area (Å²) >= 11 is 0. The Morgan fingerprint density at radius 1 is 1.00 bits per heavy atom. The topological polar surface area (TPSA) is 131 Å². The van der Waals surface area contributed by atoms with Crippen molar-refractivity contribution in [3.63, 3.8) is 0 Å². The van der Waals surface area contributed by atoms with Crippen molar-refractivity contribution in [2.45, 2.75) is 25.9 Å². The van der Waals surface area contributed by atoms with Crippen molar-refractivity contribution < 1.29 is 18.8 Å². The summed E-state index contributed by atoms with van der Waals surface area (Å²) in [5, 5.41) is 12.0. The van der Waals surface area contributed by atoms with Crippen LogP contribution in [0, 0.1) is 0 Å². The van der Waals surface area contributed by atoms with Gasteiger partial charge in [-0.15, -0.1) is 0 Å². The second-order valence-corrected chi connectivity index (χ2v) is 6.31. The summed E-state index contributed by atoms with van der Waals surface area (Å²) in [5.41, 5.74) is 1.44. The molecule has 0 aliphatic heterocycles. The fourth-order valence-corrected chi connectivity index (χ4v) is 2.41. The molecule has 2 heterocycles. The summed E-state index contributed by atoms with van der Waals surface area (Å²) in [5.74, 6) is -1.03. The largest absolute Gasteiger partial charge is 0.472 e. The Kier molecular flexibility index (Phi) is 6.03. The van der Waals surface area contributed by atoms with Gasteiger partial charge >= 0.3 is 0 Å². The van der Waals surface area contributed by atoms with Gasteiger partial charge in [0.05, 0.1) is 11.8 Å². The van der Waals surface area contributed by atoms with E-state index in [1.807, 2.05) is 0 Å². The molecular formula is C19H20N6O4. The summed E-state index contributed by atoms with van der Waals surface area (Å²) in [6.45, 7) is 3.28. The summed E-state index contributed by atoms with van der Waals surface area (Å²) in [7, 11) is 0. The van der Waals surface area contributed by atoms with Gasteiger partial charge in [-0.25, -0.2) is 9.67 Å². The molecule has 29 heavy (non-hydrogen) atoms. The second kappa shape index (κ2) is 8.83. The first-order chi connectivity index (χ1) is 13.9. The molecule has 10 heteroatoms. The van der Waals surface area contributed by atoms with E-state index in [-0.39, 0.29) is 11.8 Å².